The van der Waals surface area contributed by atoms with E-state index in [1.165, 1.54) is 52.2 Å². The molecule has 4 fully saturated rings. The summed E-state index contributed by atoms with van der Waals surface area (Å²) in [4.78, 5) is 0. The van der Waals surface area contributed by atoms with Crippen LogP contribution in [0.15, 0.2) is 80.1 Å². The molecule has 2 aliphatic heterocycles. The van der Waals surface area contributed by atoms with Gasteiger partial charge in [0.05, 0.1) is 4.47 Å². The van der Waals surface area contributed by atoms with Crippen molar-refractivity contribution in [2.45, 2.75) is 50.0 Å². The van der Waals surface area contributed by atoms with E-state index in [9.17, 15) is 0 Å². The Bertz CT molecular complexity index is 1170. The van der Waals surface area contributed by atoms with Gasteiger partial charge in [0.1, 0.15) is 12.4 Å². The number of halogens is 3. The quantitative estimate of drug-likeness (QED) is 0.274. The summed E-state index contributed by atoms with van der Waals surface area (Å²) in [5.41, 5.74) is 4.65. The Morgan fingerprint density at radius 1 is 0.727 bits per heavy atom. The normalized spacial score (nSPS) is 30.5. The molecular formula is C29H27Br3O. The van der Waals surface area contributed by atoms with E-state index in [-0.39, 0.29) is 0 Å². The van der Waals surface area contributed by atoms with Crippen molar-refractivity contribution >= 4 is 47.8 Å². The zero-order valence-corrected chi connectivity index (χ0v) is 23.2. The van der Waals surface area contributed by atoms with Crippen LogP contribution >= 0.6 is 47.8 Å². The number of benzene rings is 3. The molecule has 4 heteroatoms. The third-order valence-corrected chi connectivity index (χ3v) is 10.4. The van der Waals surface area contributed by atoms with Crippen LogP contribution in [0.5, 0.6) is 5.75 Å². The second-order valence-corrected chi connectivity index (χ2v) is 12.9. The number of rotatable bonds is 2. The van der Waals surface area contributed by atoms with Crippen LogP contribution in [0.4, 0.5) is 0 Å². The van der Waals surface area contributed by atoms with Gasteiger partial charge in [0, 0.05) is 14.4 Å². The Labute approximate surface area is 221 Å². The maximum absolute atomic E-state index is 5.27. The van der Waals surface area contributed by atoms with Crippen molar-refractivity contribution in [1.29, 1.82) is 0 Å². The van der Waals surface area contributed by atoms with Gasteiger partial charge in [0.2, 0.25) is 0 Å². The van der Waals surface area contributed by atoms with E-state index in [0.717, 1.165) is 34.6 Å². The summed E-state index contributed by atoms with van der Waals surface area (Å²) < 4.78 is 8.94. The predicted molar refractivity (Wildman–Crippen MR) is 145 cm³/mol. The second-order valence-electron chi connectivity index (χ2n) is 10.3. The topological polar surface area (TPSA) is 9.23 Å². The zero-order chi connectivity index (χ0) is 22.6. The van der Waals surface area contributed by atoms with Gasteiger partial charge in [-0.25, -0.2) is 0 Å². The molecule has 0 amide bonds. The monoisotopic (exact) mass is 628 g/mol. The van der Waals surface area contributed by atoms with Gasteiger partial charge in [-0.15, -0.1) is 0 Å². The molecule has 1 nitrogen and oxygen atoms in total. The van der Waals surface area contributed by atoms with Gasteiger partial charge in [-0.05, 0) is 113 Å². The number of hydrogen-bond acceptors (Lipinski definition) is 1. The van der Waals surface area contributed by atoms with Crippen LogP contribution in [-0.2, 0) is 12.0 Å². The molecule has 9 rings (SSSR count). The molecule has 0 aromatic heterocycles. The van der Waals surface area contributed by atoms with Gasteiger partial charge in [0.15, 0.2) is 0 Å². The summed E-state index contributed by atoms with van der Waals surface area (Å²) in [7, 11) is 0. The molecule has 6 aliphatic rings. The molecule has 6 bridgehead atoms. The van der Waals surface area contributed by atoms with Crippen molar-refractivity contribution in [3.05, 3.63) is 96.8 Å². The summed E-state index contributed by atoms with van der Waals surface area (Å²) in [5.74, 6) is 4.33. The van der Waals surface area contributed by atoms with Gasteiger partial charge in [-0.3, -0.25) is 0 Å². The predicted octanol–water partition coefficient (Wildman–Crippen LogP) is 9.41. The van der Waals surface area contributed by atoms with Gasteiger partial charge in [-0.2, -0.15) is 0 Å². The molecule has 33 heavy (non-hydrogen) atoms. The van der Waals surface area contributed by atoms with Crippen LogP contribution in [-0.4, -0.2) is 0 Å². The Balaban J connectivity index is 0.000000192. The van der Waals surface area contributed by atoms with Crippen LogP contribution in [0.1, 0.15) is 54.7 Å². The van der Waals surface area contributed by atoms with E-state index in [1.807, 2.05) is 6.07 Å². The molecular weight excluding hydrogens is 604 g/mol. The van der Waals surface area contributed by atoms with Crippen LogP contribution in [0.3, 0.4) is 0 Å². The molecule has 3 aromatic rings. The van der Waals surface area contributed by atoms with Crippen LogP contribution in [0.25, 0.3) is 0 Å². The van der Waals surface area contributed by atoms with Crippen molar-refractivity contribution < 1.29 is 4.74 Å². The molecule has 3 unspecified atom stereocenters. The van der Waals surface area contributed by atoms with Gasteiger partial charge in [0.25, 0.3) is 0 Å². The maximum Gasteiger partial charge on any atom is 0.134 e. The lowest BCUT2D eigenvalue weighted by atomic mass is 9.42. The smallest absolute Gasteiger partial charge is 0.134 e. The molecule has 0 spiro atoms. The highest BCUT2D eigenvalue weighted by molar-refractivity contribution is 9.11. The number of ether oxygens (including phenoxy) is 1. The van der Waals surface area contributed by atoms with Gasteiger partial charge in [-0.1, -0.05) is 74.3 Å². The lowest BCUT2D eigenvalue weighted by Gasteiger charge is -2.62. The Kier molecular flexibility index (Phi) is 5.99. The average Bonchev–Trinajstić information content (AvgIpc) is 2.81. The first-order valence-electron chi connectivity index (χ1n) is 11.9. The fourth-order valence-electron chi connectivity index (χ4n) is 7.48. The summed E-state index contributed by atoms with van der Waals surface area (Å²) >= 11 is 11.1. The molecule has 4 aliphatic carbocycles. The Morgan fingerprint density at radius 2 is 1.42 bits per heavy atom. The SMILES string of the molecule is Brc1cc2ccc1OC2.Brc1ccccc1C1C2CC3CC(C2)CC1(c1ccccc1Br)C3. The highest BCUT2D eigenvalue weighted by Crippen LogP contribution is 2.67. The second kappa shape index (κ2) is 8.84. The van der Waals surface area contributed by atoms with E-state index in [2.05, 4.69) is 108 Å². The van der Waals surface area contributed by atoms with E-state index in [0.29, 0.717) is 11.3 Å². The lowest BCUT2D eigenvalue weighted by Crippen LogP contribution is -2.54. The Morgan fingerprint density at radius 3 is 1.97 bits per heavy atom. The Hall–Kier alpha value is -1.10. The van der Waals surface area contributed by atoms with E-state index >= 15 is 0 Å². The number of hydrogen-bond donors (Lipinski definition) is 0. The van der Waals surface area contributed by atoms with E-state index < -0.39 is 0 Å². The van der Waals surface area contributed by atoms with Gasteiger partial charge < -0.3 is 4.74 Å². The standard InChI is InChI=1S/C22H22Br2.C7H5BrO/c23-19-7-3-1-5-17(19)21-16-10-14-9-15(11-16)13-22(21,12-14)18-6-2-4-8-20(18)24;8-6-3-5-1-2-7(6)9-4-5/h1-8,14-16,21H,9-13H2;1-3H,4H2. The summed E-state index contributed by atoms with van der Waals surface area (Å²) in [5, 5.41) is 0. The number of fused-ring (bicyclic) bond motifs is 3. The zero-order valence-electron chi connectivity index (χ0n) is 18.4. The van der Waals surface area contributed by atoms with Crippen molar-refractivity contribution in [2.24, 2.45) is 17.8 Å². The minimum atomic E-state index is 0.318. The van der Waals surface area contributed by atoms with Crippen molar-refractivity contribution in [1.82, 2.24) is 0 Å². The largest absolute Gasteiger partial charge is 0.488 e. The van der Waals surface area contributed by atoms with E-state index in [1.54, 1.807) is 5.56 Å². The molecule has 0 saturated heterocycles. The maximum atomic E-state index is 5.27. The fourth-order valence-corrected chi connectivity index (χ4v) is 9.24. The summed E-state index contributed by atoms with van der Waals surface area (Å²) in [6.07, 6.45) is 7.10. The molecule has 3 aromatic carbocycles. The molecule has 170 valence electrons. The first-order chi connectivity index (χ1) is 16.0. The first-order valence-corrected chi connectivity index (χ1v) is 14.3. The van der Waals surface area contributed by atoms with Crippen molar-refractivity contribution in [3.63, 3.8) is 0 Å². The van der Waals surface area contributed by atoms with Crippen molar-refractivity contribution in [2.75, 3.05) is 0 Å². The fraction of sp³-hybridized carbons (Fsp3) is 0.379. The summed E-state index contributed by atoms with van der Waals surface area (Å²) in [6.45, 7) is 0.737. The van der Waals surface area contributed by atoms with Crippen molar-refractivity contribution in [3.8, 4) is 5.75 Å². The molecule has 4 saturated carbocycles. The van der Waals surface area contributed by atoms with Gasteiger partial charge >= 0.3 is 0 Å². The highest BCUT2D eigenvalue weighted by Gasteiger charge is 2.58. The van der Waals surface area contributed by atoms with E-state index in [4.69, 9.17) is 4.74 Å². The minimum absolute atomic E-state index is 0.318. The third kappa shape index (κ3) is 3.94. The summed E-state index contributed by atoms with van der Waals surface area (Å²) in [6, 6.07) is 24.1. The minimum Gasteiger partial charge on any atom is -0.488 e. The molecule has 0 N–H and O–H groups in total. The highest BCUT2D eigenvalue weighted by atomic mass is 79.9. The average molecular weight is 631 g/mol. The molecule has 3 atom stereocenters. The van der Waals surface area contributed by atoms with Crippen LogP contribution in [0.2, 0.25) is 0 Å². The lowest BCUT2D eigenvalue weighted by molar-refractivity contribution is -0.0286. The molecule has 0 radical (unpaired) electrons. The third-order valence-electron chi connectivity index (χ3n) is 8.35. The first kappa shape index (κ1) is 22.4. The molecule has 2 heterocycles. The van der Waals surface area contributed by atoms with Crippen LogP contribution in [0, 0.1) is 17.8 Å². The van der Waals surface area contributed by atoms with Crippen LogP contribution < -0.4 is 4.74 Å².